The van der Waals surface area contributed by atoms with Gasteiger partial charge in [-0.1, -0.05) is 73.5 Å². The van der Waals surface area contributed by atoms with Gasteiger partial charge in [0.15, 0.2) is 11.5 Å². The number of carbonyl (C=O) groups is 1. The molecule has 0 amide bonds. The summed E-state index contributed by atoms with van der Waals surface area (Å²) in [5, 5.41) is 11.5. The molecule has 0 aromatic heterocycles. The minimum absolute atomic E-state index is 0.00388. The molecule has 2 heterocycles. The average Bonchev–Trinajstić information content (AvgIpc) is 3.88. The molecule has 1 saturated heterocycles. The molecule has 1 N–H and O–H groups in total. The lowest BCUT2D eigenvalue weighted by atomic mass is 9.50. The molecule has 0 radical (unpaired) electrons. The lowest BCUT2D eigenvalue weighted by Gasteiger charge is -2.60. The van der Waals surface area contributed by atoms with E-state index in [-0.39, 0.29) is 23.2 Å². The molecule has 5 aliphatic rings. The third-order valence-electron chi connectivity index (χ3n) is 12.9. The molecule has 2 bridgehead atoms. The number of nitrogens with zero attached hydrogens (tertiary/aromatic N) is 2. The smallest absolute Gasteiger partial charge is 0.308 e. The van der Waals surface area contributed by atoms with Gasteiger partial charge in [-0.05, 0) is 120 Å². The summed E-state index contributed by atoms with van der Waals surface area (Å²) in [7, 11) is 0. The summed E-state index contributed by atoms with van der Waals surface area (Å²) in [6, 6.07) is 24.2. The number of hydrogen-bond donors (Lipinski definition) is 1. The van der Waals surface area contributed by atoms with E-state index in [0.29, 0.717) is 23.8 Å². The van der Waals surface area contributed by atoms with E-state index in [0.717, 1.165) is 75.4 Å². The summed E-state index contributed by atoms with van der Waals surface area (Å²) < 4.78 is 13.0. The predicted octanol–water partition coefficient (Wildman–Crippen LogP) is 8.26. The molecule has 2 aliphatic heterocycles. The van der Waals surface area contributed by atoms with Crippen LogP contribution in [-0.2, 0) is 29.5 Å². The maximum atomic E-state index is 12.3. The molecule has 3 aromatic rings. The molecule has 3 aliphatic carbocycles. The normalized spacial score (nSPS) is 26.4. The minimum atomic E-state index is -0.370. The monoisotopic (exact) mass is 676 g/mol. The Morgan fingerprint density at radius 1 is 0.900 bits per heavy atom. The van der Waals surface area contributed by atoms with E-state index in [4.69, 9.17) is 9.47 Å². The van der Waals surface area contributed by atoms with Crippen LogP contribution in [0.15, 0.2) is 66.7 Å². The molecule has 3 aromatic carbocycles. The maximum Gasteiger partial charge on any atom is 0.308 e. The first-order valence-corrected chi connectivity index (χ1v) is 19.8. The van der Waals surface area contributed by atoms with Gasteiger partial charge in [0.05, 0.1) is 0 Å². The van der Waals surface area contributed by atoms with Crippen LogP contribution in [0.3, 0.4) is 0 Å². The van der Waals surface area contributed by atoms with Crippen LogP contribution in [-0.4, -0.2) is 65.2 Å². The fourth-order valence-electron chi connectivity index (χ4n) is 10.5. The molecule has 6 nitrogen and oxygen atoms in total. The number of esters is 1. The first kappa shape index (κ1) is 33.8. The highest BCUT2D eigenvalue weighted by atomic mass is 16.6. The lowest BCUT2D eigenvalue weighted by molar-refractivity contribution is -0.132. The van der Waals surface area contributed by atoms with E-state index in [1.807, 2.05) is 0 Å². The topological polar surface area (TPSA) is 62.2 Å². The Bertz CT molecular complexity index is 1620. The minimum Gasteiger partial charge on any atom is -0.508 e. The Morgan fingerprint density at radius 3 is 2.24 bits per heavy atom. The zero-order valence-electron chi connectivity index (χ0n) is 30.0. The number of piperidine rings is 1. The maximum absolute atomic E-state index is 12.3. The Hall–Kier alpha value is -3.35. The van der Waals surface area contributed by atoms with Crippen LogP contribution in [0.1, 0.15) is 99.8 Å². The van der Waals surface area contributed by atoms with Crippen LogP contribution in [0.2, 0.25) is 0 Å². The summed E-state index contributed by atoms with van der Waals surface area (Å²) in [5.41, 5.74) is 4.94. The van der Waals surface area contributed by atoms with Crippen molar-refractivity contribution in [3.8, 4) is 17.2 Å². The first-order chi connectivity index (χ1) is 24.5. The standard InChI is InChI=1S/C44H56N2O4/c1-31(47)49-40-29-39(48)35-28-38-36-22-23-37(43-44(36,41(35)42(40)50-43)24-27-46(38)30-34-20-21-34)45(26-13-11-19-33-17-9-5-10-18-33)25-12-3-2-6-14-32-15-7-4-8-16-32/h4-5,7-10,15-18,29,34,36-38,43,48H,2-3,6,11-14,19-28,30H2,1H3/t36-,37+,38+,43-,44-/m0/s1. The van der Waals surface area contributed by atoms with E-state index in [2.05, 4.69) is 70.5 Å². The van der Waals surface area contributed by atoms with Gasteiger partial charge in [0, 0.05) is 48.2 Å². The van der Waals surface area contributed by atoms with E-state index in [1.165, 1.54) is 81.5 Å². The molecule has 5 atom stereocenters. The van der Waals surface area contributed by atoms with Crippen LogP contribution in [0.4, 0.5) is 0 Å². The van der Waals surface area contributed by atoms with Crippen LogP contribution in [0, 0.1) is 11.8 Å². The van der Waals surface area contributed by atoms with Crippen molar-refractivity contribution in [1.82, 2.24) is 9.80 Å². The third-order valence-corrected chi connectivity index (χ3v) is 12.9. The van der Waals surface area contributed by atoms with Gasteiger partial charge in [0.1, 0.15) is 11.9 Å². The largest absolute Gasteiger partial charge is 0.508 e. The highest BCUT2D eigenvalue weighted by molar-refractivity contribution is 5.73. The van der Waals surface area contributed by atoms with Crippen molar-refractivity contribution < 1.29 is 19.4 Å². The van der Waals surface area contributed by atoms with Crippen molar-refractivity contribution in [2.24, 2.45) is 11.8 Å². The van der Waals surface area contributed by atoms with Crippen LogP contribution in [0.5, 0.6) is 17.2 Å². The number of benzene rings is 3. The lowest BCUT2D eigenvalue weighted by Crippen LogP contribution is -2.69. The molecule has 2 saturated carbocycles. The SMILES string of the molecule is CC(=O)Oc1cc(O)c2c3c1O[C@H]1[C@H](N(CCCCCCc4ccccc4)CCCCc4ccccc4)CC[C@H]4[C@@H](C2)N(CC2CC2)CC[C@@]341. The Labute approximate surface area is 299 Å². The van der Waals surface area contributed by atoms with E-state index >= 15 is 0 Å². The molecular formula is C44H56N2O4. The summed E-state index contributed by atoms with van der Waals surface area (Å²) in [6.07, 6.45) is 16.5. The second-order valence-electron chi connectivity index (χ2n) is 16.1. The van der Waals surface area contributed by atoms with Crippen molar-refractivity contribution in [3.05, 3.63) is 89.0 Å². The van der Waals surface area contributed by atoms with Crippen LogP contribution >= 0.6 is 0 Å². The Morgan fingerprint density at radius 2 is 1.56 bits per heavy atom. The first-order valence-electron chi connectivity index (χ1n) is 19.8. The summed E-state index contributed by atoms with van der Waals surface area (Å²) in [5.74, 6) is 2.39. The van der Waals surface area contributed by atoms with Gasteiger partial charge in [0.25, 0.3) is 0 Å². The summed E-state index contributed by atoms with van der Waals surface area (Å²) >= 11 is 0. The second kappa shape index (κ2) is 14.7. The number of unbranched alkanes of at least 4 members (excludes halogenated alkanes) is 4. The number of ether oxygens (including phenoxy) is 2. The van der Waals surface area contributed by atoms with Crippen molar-refractivity contribution in [1.29, 1.82) is 0 Å². The molecule has 6 heteroatoms. The molecule has 266 valence electrons. The molecular weight excluding hydrogens is 620 g/mol. The molecule has 0 unspecified atom stereocenters. The van der Waals surface area contributed by atoms with Crippen molar-refractivity contribution in [3.63, 3.8) is 0 Å². The van der Waals surface area contributed by atoms with Gasteiger partial charge < -0.3 is 14.6 Å². The summed E-state index contributed by atoms with van der Waals surface area (Å²) in [6.45, 7) is 5.88. The average molecular weight is 677 g/mol. The molecule has 8 rings (SSSR count). The van der Waals surface area contributed by atoms with Gasteiger partial charge in [-0.2, -0.15) is 0 Å². The van der Waals surface area contributed by atoms with Gasteiger partial charge in [-0.3, -0.25) is 14.6 Å². The predicted molar refractivity (Wildman–Crippen MR) is 198 cm³/mol. The van der Waals surface area contributed by atoms with Crippen molar-refractivity contribution >= 4 is 5.97 Å². The fourth-order valence-corrected chi connectivity index (χ4v) is 10.5. The highest BCUT2D eigenvalue weighted by Gasteiger charge is 2.67. The second-order valence-corrected chi connectivity index (χ2v) is 16.1. The molecule has 1 spiro atoms. The van der Waals surface area contributed by atoms with Gasteiger partial charge >= 0.3 is 5.97 Å². The van der Waals surface area contributed by atoms with Gasteiger partial charge in [-0.25, -0.2) is 0 Å². The molecule has 50 heavy (non-hydrogen) atoms. The number of phenolic OH excluding ortho intramolecular Hbond substituents is 1. The zero-order chi connectivity index (χ0) is 34.1. The van der Waals surface area contributed by atoms with Gasteiger partial charge in [0.2, 0.25) is 0 Å². The Kier molecular flexibility index (Phi) is 9.94. The van der Waals surface area contributed by atoms with Crippen molar-refractivity contribution in [2.75, 3.05) is 26.2 Å². The third kappa shape index (κ3) is 6.70. The van der Waals surface area contributed by atoms with Crippen LogP contribution in [0.25, 0.3) is 0 Å². The fraction of sp³-hybridized carbons (Fsp3) is 0.568. The number of phenols is 1. The summed E-state index contributed by atoms with van der Waals surface area (Å²) in [4.78, 5) is 17.9. The van der Waals surface area contributed by atoms with E-state index in [9.17, 15) is 9.90 Å². The van der Waals surface area contributed by atoms with Crippen molar-refractivity contribution in [2.45, 2.75) is 120 Å². The van der Waals surface area contributed by atoms with E-state index < -0.39 is 0 Å². The van der Waals surface area contributed by atoms with E-state index in [1.54, 1.807) is 6.07 Å². The number of aryl methyl sites for hydroxylation is 2. The quantitative estimate of drug-likeness (QED) is 0.0937. The molecule has 3 fully saturated rings. The number of likely N-dealkylation sites (tertiary alicyclic amines) is 1. The number of rotatable bonds is 16. The number of aromatic hydroxyl groups is 1. The number of hydrogen-bond acceptors (Lipinski definition) is 6. The van der Waals surface area contributed by atoms with Crippen LogP contribution < -0.4 is 9.47 Å². The highest BCUT2D eigenvalue weighted by Crippen LogP contribution is 2.66. The zero-order valence-corrected chi connectivity index (χ0v) is 30.0. The number of carbonyl (C=O) groups excluding carboxylic acids is 1. The Balaban J connectivity index is 1.04. The van der Waals surface area contributed by atoms with Gasteiger partial charge in [-0.15, -0.1) is 0 Å².